The molecule has 0 atom stereocenters. The van der Waals surface area contributed by atoms with Crippen LogP contribution in [0.5, 0.6) is 0 Å². The fraction of sp³-hybridized carbons (Fsp3) is 0.333. The van der Waals surface area contributed by atoms with Gasteiger partial charge in [-0.3, -0.25) is 0 Å². The average molecular weight is 113 g/mol. The van der Waals surface area contributed by atoms with Crippen LogP contribution in [0.15, 0.2) is 24.5 Å². The van der Waals surface area contributed by atoms with Crippen LogP contribution in [0.2, 0.25) is 0 Å². The van der Waals surface area contributed by atoms with E-state index in [0.717, 1.165) is 5.76 Å². The molecule has 1 N–H and O–H groups in total. The molecule has 0 unspecified atom stereocenters. The maximum absolute atomic E-state index is 4.82. The van der Waals surface area contributed by atoms with Crippen molar-refractivity contribution < 1.29 is 4.84 Å². The van der Waals surface area contributed by atoms with Gasteiger partial charge in [-0.1, -0.05) is 12.7 Å². The van der Waals surface area contributed by atoms with Crippen LogP contribution in [0.4, 0.5) is 0 Å². The summed E-state index contributed by atoms with van der Waals surface area (Å²) in [7, 11) is 1.71. The Morgan fingerprint density at radius 2 is 2.38 bits per heavy atom. The topological polar surface area (TPSA) is 21.3 Å². The minimum atomic E-state index is 0.808. The Morgan fingerprint density at radius 3 is 2.75 bits per heavy atom. The Labute approximate surface area is 49.8 Å². The SMILES string of the molecule is C=C/C=C(\C)ONC. The number of allylic oxidation sites excluding steroid dienone is 3. The Hall–Kier alpha value is -0.760. The van der Waals surface area contributed by atoms with Crippen molar-refractivity contribution in [3.8, 4) is 0 Å². The summed E-state index contributed by atoms with van der Waals surface area (Å²) < 4.78 is 0. The molecule has 0 aromatic carbocycles. The number of hydroxylamine groups is 1. The number of hydrogen-bond acceptors (Lipinski definition) is 2. The molecule has 0 aromatic heterocycles. The van der Waals surface area contributed by atoms with Crippen molar-refractivity contribution in [2.75, 3.05) is 7.05 Å². The van der Waals surface area contributed by atoms with Crippen molar-refractivity contribution in [2.45, 2.75) is 6.92 Å². The molecular formula is C6H11NO. The molecule has 0 fully saturated rings. The van der Waals surface area contributed by atoms with E-state index < -0.39 is 0 Å². The van der Waals surface area contributed by atoms with E-state index in [4.69, 9.17) is 4.84 Å². The number of hydrogen-bond donors (Lipinski definition) is 1. The second-order valence-electron chi connectivity index (χ2n) is 1.32. The molecule has 0 saturated carbocycles. The molecule has 0 radical (unpaired) electrons. The van der Waals surface area contributed by atoms with E-state index in [1.54, 1.807) is 19.2 Å². The lowest BCUT2D eigenvalue weighted by molar-refractivity contribution is 0.128. The molecule has 0 bridgehead atoms. The third-order valence-electron chi connectivity index (χ3n) is 0.616. The zero-order chi connectivity index (χ0) is 6.41. The van der Waals surface area contributed by atoms with E-state index in [0.29, 0.717) is 0 Å². The highest BCUT2D eigenvalue weighted by Gasteiger charge is 1.79. The highest BCUT2D eigenvalue weighted by atomic mass is 16.6. The lowest BCUT2D eigenvalue weighted by Gasteiger charge is -1.98. The van der Waals surface area contributed by atoms with Crippen LogP contribution in [0.3, 0.4) is 0 Å². The predicted molar refractivity (Wildman–Crippen MR) is 34.1 cm³/mol. The molecule has 0 aliphatic rings. The van der Waals surface area contributed by atoms with Gasteiger partial charge in [-0.15, -0.1) is 0 Å². The molecule has 0 heterocycles. The second kappa shape index (κ2) is 4.40. The maximum Gasteiger partial charge on any atom is 0.121 e. The average Bonchev–Trinajstić information content (AvgIpc) is 1.68. The molecule has 0 rings (SSSR count). The first kappa shape index (κ1) is 7.24. The van der Waals surface area contributed by atoms with Crippen LogP contribution in [0.1, 0.15) is 6.92 Å². The zero-order valence-corrected chi connectivity index (χ0v) is 5.27. The Balaban J connectivity index is 3.44. The van der Waals surface area contributed by atoms with Crippen molar-refractivity contribution in [1.29, 1.82) is 0 Å². The van der Waals surface area contributed by atoms with E-state index >= 15 is 0 Å². The molecule has 0 aromatic rings. The van der Waals surface area contributed by atoms with Crippen LogP contribution in [0, 0.1) is 0 Å². The van der Waals surface area contributed by atoms with Crippen LogP contribution in [-0.4, -0.2) is 7.05 Å². The van der Waals surface area contributed by atoms with Gasteiger partial charge in [0, 0.05) is 7.05 Å². The summed E-state index contributed by atoms with van der Waals surface area (Å²) in [4.78, 5) is 4.82. The summed E-state index contributed by atoms with van der Waals surface area (Å²) >= 11 is 0. The van der Waals surface area contributed by atoms with Gasteiger partial charge in [0.15, 0.2) is 0 Å². The first-order valence-corrected chi connectivity index (χ1v) is 2.44. The Kier molecular flexibility index (Phi) is 3.98. The van der Waals surface area contributed by atoms with E-state index in [-0.39, 0.29) is 0 Å². The molecule has 0 amide bonds. The highest BCUT2D eigenvalue weighted by Crippen LogP contribution is 1.89. The summed E-state index contributed by atoms with van der Waals surface area (Å²) in [6, 6.07) is 0. The van der Waals surface area contributed by atoms with Crippen molar-refractivity contribution in [3.63, 3.8) is 0 Å². The summed E-state index contributed by atoms with van der Waals surface area (Å²) in [6.07, 6.45) is 3.45. The van der Waals surface area contributed by atoms with Crippen LogP contribution in [-0.2, 0) is 4.84 Å². The molecule has 2 nitrogen and oxygen atoms in total. The van der Waals surface area contributed by atoms with E-state index in [9.17, 15) is 0 Å². The van der Waals surface area contributed by atoms with E-state index in [1.807, 2.05) is 6.92 Å². The smallest absolute Gasteiger partial charge is 0.121 e. The first-order chi connectivity index (χ1) is 3.81. The third kappa shape index (κ3) is 3.43. The second-order valence-corrected chi connectivity index (χ2v) is 1.32. The molecule has 0 aliphatic carbocycles. The van der Waals surface area contributed by atoms with Crippen molar-refractivity contribution in [1.82, 2.24) is 5.48 Å². The van der Waals surface area contributed by atoms with Crippen molar-refractivity contribution >= 4 is 0 Å². The maximum atomic E-state index is 4.82. The molecule has 0 saturated heterocycles. The summed E-state index contributed by atoms with van der Waals surface area (Å²) in [5.74, 6) is 0.808. The Morgan fingerprint density at radius 1 is 1.75 bits per heavy atom. The van der Waals surface area contributed by atoms with Gasteiger partial charge in [-0.05, 0) is 13.0 Å². The number of nitrogens with one attached hydrogen (secondary N) is 1. The zero-order valence-electron chi connectivity index (χ0n) is 5.27. The van der Waals surface area contributed by atoms with Gasteiger partial charge < -0.3 is 4.84 Å². The normalized spacial score (nSPS) is 11.0. The molecule has 8 heavy (non-hydrogen) atoms. The lowest BCUT2D eigenvalue weighted by Crippen LogP contribution is -2.04. The number of rotatable bonds is 3. The minimum absolute atomic E-state index is 0.808. The predicted octanol–water partition coefficient (Wildman–Crippen LogP) is 1.23. The standard InChI is InChI=1S/C6H11NO/c1-4-5-6(2)8-7-3/h4-5,7H,1H2,2-3H3/b6-5+. The Bertz CT molecular complexity index is 96.7. The van der Waals surface area contributed by atoms with E-state index in [2.05, 4.69) is 12.1 Å². The van der Waals surface area contributed by atoms with Crippen LogP contribution < -0.4 is 5.48 Å². The van der Waals surface area contributed by atoms with Crippen molar-refractivity contribution in [2.24, 2.45) is 0 Å². The fourth-order valence-electron chi connectivity index (χ4n) is 0.361. The molecule has 2 heteroatoms. The lowest BCUT2D eigenvalue weighted by atomic mass is 10.5. The highest BCUT2D eigenvalue weighted by molar-refractivity contribution is 5.00. The van der Waals surface area contributed by atoms with Gasteiger partial charge in [0.1, 0.15) is 5.76 Å². The molecule has 0 spiro atoms. The third-order valence-corrected chi connectivity index (χ3v) is 0.616. The monoisotopic (exact) mass is 113 g/mol. The largest absolute Gasteiger partial charge is 0.414 e. The quantitative estimate of drug-likeness (QED) is 0.337. The van der Waals surface area contributed by atoms with Gasteiger partial charge in [0.2, 0.25) is 0 Å². The summed E-state index contributed by atoms with van der Waals surface area (Å²) in [5.41, 5.74) is 2.54. The molecule has 46 valence electrons. The first-order valence-electron chi connectivity index (χ1n) is 2.44. The van der Waals surface area contributed by atoms with Gasteiger partial charge in [-0.2, -0.15) is 5.48 Å². The van der Waals surface area contributed by atoms with Gasteiger partial charge in [-0.25, -0.2) is 0 Å². The van der Waals surface area contributed by atoms with E-state index in [1.165, 1.54) is 0 Å². The fourth-order valence-corrected chi connectivity index (χ4v) is 0.361. The van der Waals surface area contributed by atoms with Crippen LogP contribution >= 0.6 is 0 Å². The summed E-state index contributed by atoms with van der Waals surface area (Å²) in [5, 5.41) is 0. The van der Waals surface area contributed by atoms with Crippen molar-refractivity contribution in [3.05, 3.63) is 24.5 Å². The molecular weight excluding hydrogens is 102 g/mol. The summed E-state index contributed by atoms with van der Waals surface area (Å²) in [6.45, 7) is 5.34. The van der Waals surface area contributed by atoms with Crippen LogP contribution in [0.25, 0.3) is 0 Å². The van der Waals surface area contributed by atoms with Gasteiger partial charge in [0.25, 0.3) is 0 Å². The van der Waals surface area contributed by atoms with Gasteiger partial charge in [0.05, 0.1) is 0 Å². The van der Waals surface area contributed by atoms with Gasteiger partial charge >= 0.3 is 0 Å². The molecule has 0 aliphatic heterocycles. The minimum Gasteiger partial charge on any atom is -0.414 e.